The maximum atomic E-state index is 12.8. The highest BCUT2D eigenvalue weighted by Gasteiger charge is 2.35. The molecule has 1 unspecified atom stereocenters. The molecule has 2 heterocycles. The number of hydrogen-bond acceptors (Lipinski definition) is 5. The van der Waals surface area contributed by atoms with Crippen molar-refractivity contribution in [2.45, 2.75) is 11.3 Å². The molecule has 2 aliphatic rings. The van der Waals surface area contributed by atoms with E-state index in [4.69, 9.17) is 0 Å². The first-order valence-electron chi connectivity index (χ1n) is 10.3. The molecule has 30 heavy (non-hydrogen) atoms. The summed E-state index contributed by atoms with van der Waals surface area (Å²) in [6.45, 7) is 4.57. The maximum absolute atomic E-state index is 12.8. The third kappa shape index (κ3) is 4.63. The van der Waals surface area contributed by atoms with Crippen molar-refractivity contribution in [1.82, 2.24) is 4.90 Å². The zero-order valence-electron chi connectivity index (χ0n) is 17.5. The van der Waals surface area contributed by atoms with Crippen LogP contribution in [0.5, 0.6) is 0 Å². The van der Waals surface area contributed by atoms with E-state index < -0.39 is 0 Å². The fourth-order valence-electron chi connectivity index (χ4n) is 3.98. The Bertz CT molecular complexity index is 910. The van der Waals surface area contributed by atoms with Crippen LogP contribution in [0.25, 0.3) is 0 Å². The number of carbonyl (C=O) groups excluding carboxylic acids is 2. The van der Waals surface area contributed by atoms with Crippen molar-refractivity contribution in [2.24, 2.45) is 5.92 Å². The molecule has 158 valence electrons. The van der Waals surface area contributed by atoms with Gasteiger partial charge in [-0.15, -0.1) is 11.8 Å². The molecular weight excluding hydrogens is 396 g/mol. The molecular formula is C23H28N4O2S. The van der Waals surface area contributed by atoms with Gasteiger partial charge in [-0.05, 0) is 55.8 Å². The largest absolute Gasteiger partial charge is 0.369 e. The minimum Gasteiger partial charge on any atom is -0.369 e. The van der Waals surface area contributed by atoms with Gasteiger partial charge in [-0.1, -0.05) is 6.07 Å². The Morgan fingerprint density at radius 1 is 1.03 bits per heavy atom. The van der Waals surface area contributed by atoms with Gasteiger partial charge in [0.1, 0.15) is 0 Å². The number of nitrogens with zero attached hydrogens (tertiary/aromatic N) is 3. The summed E-state index contributed by atoms with van der Waals surface area (Å²) in [5.41, 5.74) is 2.81. The van der Waals surface area contributed by atoms with E-state index in [0.717, 1.165) is 42.4 Å². The van der Waals surface area contributed by atoms with E-state index in [0.29, 0.717) is 6.54 Å². The van der Waals surface area contributed by atoms with Gasteiger partial charge in [0.15, 0.2) is 0 Å². The number of thioether (sulfide) groups is 1. The van der Waals surface area contributed by atoms with Crippen LogP contribution in [-0.2, 0) is 9.59 Å². The zero-order valence-corrected chi connectivity index (χ0v) is 18.3. The molecule has 0 bridgehead atoms. The Morgan fingerprint density at radius 2 is 1.77 bits per heavy atom. The van der Waals surface area contributed by atoms with Crippen molar-refractivity contribution in [1.29, 1.82) is 0 Å². The number of hydrogen-bond donors (Lipinski definition) is 1. The lowest BCUT2D eigenvalue weighted by Gasteiger charge is -2.34. The average molecular weight is 425 g/mol. The predicted octanol–water partition coefficient (Wildman–Crippen LogP) is 3.15. The number of amides is 2. The van der Waals surface area contributed by atoms with E-state index >= 15 is 0 Å². The molecule has 0 aromatic heterocycles. The summed E-state index contributed by atoms with van der Waals surface area (Å²) in [7, 11) is 2.14. The van der Waals surface area contributed by atoms with Gasteiger partial charge in [-0.25, -0.2) is 0 Å². The van der Waals surface area contributed by atoms with E-state index in [2.05, 4.69) is 34.3 Å². The van der Waals surface area contributed by atoms with E-state index in [1.54, 1.807) is 16.7 Å². The molecule has 2 fully saturated rings. The molecule has 1 N–H and O–H groups in total. The van der Waals surface area contributed by atoms with Crippen LogP contribution in [0.1, 0.15) is 6.42 Å². The number of anilines is 3. The van der Waals surface area contributed by atoms with Crippen LogP contribution in [0, 0.1) is 5.92 Å². The molecule has 0 radical (unpaired) electrons. The molecule has 0 spiro atoms. The quantitative estimate of drug-likeness (QED) is 0.748. The van der Waals surface area contributed by atoms with Gasteiger partial charge < -0.3 is 20.0 Å². The molecule has 0 aliphatic carbocycles. The first kappa shape index (κ1) is 20.8. The lowest BCUT2D eigenvalue weighted by molar-refractivity contribution is -0.122. The Labute approximate surface area is 182 Å². The van der Waals surface area contributed by atoms with Gasteiger partial charge in [0.05, 0.1) is 5.92 Å². The van der Waals surface area contributed by atoms with Crippen molar-refractivity contribution in [3.05, 3.63) is 48.5 Å². The normalized spacial score (nSPS) is 19.9. The molecule has 2 saturated heterocycles. The lowest BCUT2D eigenvalue weighted by Crippen LogP contribution is -2.44. The topological polar surface area (TPSA) is 55.9 Å². The van der Waals surface area contributed by atoms with Gasteiger partial charge >= 0.3 is 0 Å². The summed E-state index contributed by atoms with van der Waals surface area (Å²) >= 11 is 1.64. The summed E-state index contributed by atoms with van der Waals surface area (Å²) in [4.78, 5) is 32.8. The van der Waals surface area contributed by atoms with Crippen LogP contribution >= 0.6 is 11.8 Å². The number of likely N-dealkylation sites (N-methyl/N-ethyl adjacent to an activating group) is 1. The van der Waals surface area contributed by atoms with E-state index in [1.807, 2.05) is 42.7 Å². The summed E-state index contributed by atoms with van der Waals surface area (Å²) in [6.07, 6.45) is 2.25. The molecule has 7 heteroatoms. The highest BCUT2D eigenvalue weighted by Crippen LogP contribution is 2.29. The number of rotatable bonds is 5. The molecule has 2 amide bonds. The Kier molecular flexibility index (Phi) is 6.29. The second-order valence-corrected chi connectivity index (χ2v) is 8.81. The maximum Gasteiger partial charge on any atom is 0.229 e. The smallest absolute Gasteiger partial charge is 0.229 e. The van der Waals surface area contributed by atoms with E-state index in [1.165, 1.54) is 5.69 Å². The molecule has 2 aromatic rings. The second-order valence-electron chi connectivity index (χ2n) is 7.93. The molecule has 0 saturated carbocycles. The predicted molar refractivity (Wildman–Crippen MR) is 123 cm³/mol. The molecule has 6 nitrogen and oxygen atoms in total. The summed E-state index contributed by atoms with van der Waals surface area (Å²) < 4.78 is 0. The Hall–Kier alpha value is -2.51. The van der Waals surface area contributed by atoms with Crippen molar-refractivity contribution in [2.75, 3.05) is 61.1 Å². The highest BCUT2D eigenvalue weighted by molar-refractivity contribution is 7.98. The van der Waals surface area contributed by atoms with Gasteiger partial charge in [0.2, 0.25) is 11.8 Å². The van der Waals surface area contributed by atoms with E-state index in [-0.39, 0.29) is 24.2 Å². The van der Waals surface area contributed by atoms with Crippen LogP contribution in [0.15, 0.2) is 53.4 Å². The summed E-state index contributed by atoms with van der Waals surface area (Å²) in [6, 6.07) is 15.9. The average Bonchev–Trinajstić information content (AvgIpc) is 3.17. The lowest BCUT2D eigenvalue weighted by atomic mass is 10.1. The van der Waals surface area contributed by atoms with Crippen LogP contribution in [0.2, 0.25) is 0 Å². The number of benzene rings is 2. The minimum absolute atomic E-state index is 0.00109. The molecule has 1 atom stereocenters. The number of piperazine rings is 1. The van der Waals surface area contributed by atoms with Gasteiger partial charge in [-0.2, -0.15) is 0 Å². The monoisotopic (exact) mass is 424 g/mol. The summed E-state index contributed by atoms with van der Waals surface area (Å²) in [5, 5.41) is 2.99. The number of nitrogens with one attached hydrogen (secondary N) is 1. The molecule has 2 aliphatic heterocycles. The molecule has 2 aromatic carbocycles. The van der Waals surface area contributed by atoms with Crippen molar-refractivity contribution < 1.29 is 9.59 Å². The van der Waals surface area contributed by atoms with Crippen LogP contribution in [0.4, 0.5) is 17.1 Å². The Morgan fingerprint density at radius 3 is 2.47 bits per heavy atom. The zero-order chi connectivity index (χ0) is 21.1. The first-order chi connectivity index (χ1) is 14.5. The van der Waals surface area contributed by atoms with Crippen LogP contribution in [-0.4, -0.2) is 62.7 Å². The van der Waals surface area contributed by atoms with Crippen molar-refractivity contribution in [3.63, 3.8) is 0 Å². The van der Waals surface area contributed by atoms with Crippen LogP contribution < -0.4 is 15.1 Å². The van der Waals surface area contributed by atoms with Crippen molar-refractivity contribution >= 4 is 40.6 Å². The Balaban J connectivity index is 1.36. The van der Waals surface area contributed by atoms with Crippen molar-refractivity contribution in [3.8, 4) is 0 Å². The standard InChI is InChI=1S/C23H28N4O2S/c1-25-10-12-26(13-11-25)19-8-6-18(7-9-19)24-23(29)17-14-22(28)27(16-17)20-4-3-5-21(15-20)30-2/h3-9,15,17H,10-14,16H2,1-2H3,(H,24,29). The minimum atomic E-state index is -0.340. The number of carbonyl (C=O) groups is 2. The molecule has 4 rings (SSSR count). The van der Waals surface area contributed by atoms with Crippen LogP contribution in [0.3, 0.4) is 0 Å². The SMILES string of the molecule is CSc1cccc(N2CC(C(=O)Nc3ccc(N4CCN(C)CC4)cc3)CC2=O)c1. The fourth-order valence-corrected chi connectivity index (χ4v) is 4.43. The van der Waals surface area contributed by atoms with Gasteiger partial charge in [0, 0.05) is 61.1 Å². The van der Waals surface area contributed by atoms with Gasteiger partial charge in [-0.3, -0.25) is 9.59 Å². The second kappa shape index (κ2) is 9.10. The highest BCUT2D eigenvalue weighted by atomic mass is 32.2. The van der Waals surface area contributed by atoms with Gasteiger partial charge in [0.25, 0.3) is 0 Å². The third-order valence-corrected chi connectivity index (χ3v) is 6.59. The van der Waals surface area contributed by atoms with E-state index in [9.17, 15) is 9.59 Å². The summed E-state index contributed by atoms with van der Waals surface area (Å²) in [5.74, 6) is -0.439. The first-order valence-corrected chi connectivity index (χ1v) is 11.5. The third-order valence-electron chi connectivity index (χ3n) is 5.86. The fraction of sp³-hybridized carbons (Fsp3) is 0.391.